The van der Waals surface area contributed by atoms with Crippen molar-refractivity contribution in [3.05, 3.63) is 46.2 Å². The van der Waals surface area contributed by atoms with E-state index in [2.05, 4.69) is 4.72 Å². The molecule has 1 aromatic carbocycles. The molecule has 7 heteroatoms. The second-order valence-corrected chi connectivity index (χ2v) is 8.60. The lowest BCUT2D eigenvalue weighted by Gasteiger charge is -2.06. The van der Waals surface area contributed by atoms with Gasteiger partial charge in [0.15, 0.2) is 0 Å². The van der Waals surface area contributed by atoms with E-state index in [1.807, 2.05) is 23.6 Å². The molecular formula is C14H13NO3S3. The SMILES string of the molecule is Cc1cc(S(=O)(=O)Nc2ccc3sccc3c2)sc1CO. The molecule has 0 atom stereocenters. The number of hydrogen-bond donors (Lipinski definition) is 2. The van der Waals surface area contributed by atoms with Gasteiger partial charge >= 0.3 is 0 Å². The number of sulfonamides is 1. The molecule has 0 unspecified atom stereocenters. The molecule has 0 amide bonds. The Labute approximate surface area is 130 Å². The van der Waals surface area contributed by atoms with E-state index in [1.54, 1.807) is 30.4 Å². The molecule has 2 N–H and O–H groups in total. The lowest BCUT2D eigenvalue weighted by Crippen LogP contribution is -2.11. The van der Waals surface area contributed by atoms with Crippen LogP contribution in [-0.4, -0.2) is 13.5 Å². The molecule has 0 spiro atoms. The Morgan fingerprint density at radius 3 is 2.76 bits per heavy atom. The highest BCUT2D eigenvalue weighted by atomic mass is 32.2. The molecule has 3 aromatic rings. The Hall–Kier alpha value is -1.41. The number of aliphatic hydroxyl groups excluding tert-OH is 1. The van der Waals surface area contributed by atoms with Crippen molar-refractivity contribution in [1.82, 2.24) is 0 Å². The summed E-state index contributed by atoms with van der Waals surface area (Å²) >= 11 is 2.71. The third kappa shape index (κ3) is 2.82. The summed E-state index contributed by atoms with van der Waals surface area (Å²) in [6.45, 7) is 1.64. The van der Waals surface area contributed by atoms with E-state index < -0.39 is 10.0 Å². The molecule has 0 radical (unpaired) electrons. The summed E-state index contributed by atoms with van der Waals surface area (Å²) in [4.78, 5) is 0.670. The topological polar surface area (TPSA) is 66.4 Å². The van der Waals surface area contributed by atoms with Gasteiger partial charge in [-0.15, -0.1) is 22.7 Å². The van der Waals surface area contributed by atoms with Gasteiger partial charge in [0.2, 0.25) is 0 Å². The van der Waals surface area contributed by atoms with Crippen molar-refractivity contribution in [1.29, 1.82) is 0 Å². The molecule has 0 bridgehead atoms. The Bertz CT molecular complexity index is 893. The smallest absolute Gasteiger partial charge is 0.271 e. The molecule has 110 valence electrons. The Morgan fingerprint density at radius 2 is 2.05 bits per heavy atom. The fourth-order valence-electron chi connectivity index (χ4n) is 2.01. The quantitative estimate of drug-likeness (QED) is 0.764. The van der Waals surface area contributed by atoms with Crippen LogP contribution >= 0.6 is 22.7 Å². The molecule has 0 aliphatic carbocycles. The maximum absolute atomic E-state index is 12.4. The first-order valence-corrected chi connectivity index (χ1v) is 9.38. The summed E-state index contributed by atoms with van der Waals surface area (Å²) in [5.41, 5.74) is 1.33. The van der Waals surface area contributed by atoms with Gasteiger partial charge in [-0.3, -0.25) is 4.72 Å². The maximum Gasteiger partial charge on any atom is 0.271 e. The normalized spacial score (nSPS) is 11.9. The second kappa shape index (κ2) is 5.42. The number of nitrogens with one attached hydrogen (secondary N) is 1. The summed E-state index contributed by atoms with van der Waals surface area (Å²) in [5, 5.41) is 12.2. The zero-order valence-electron chi connectivity index (χ0n) is 11.2. The van der Waals surface area contributed by atoms with E-state index >= 15 is 0 Å². The molecule has 0 aliphatic heterocycles. The van der Waals surface area contributed by atoms with Crippen LogP contribution in [0.2, 0.25) is 0 Å². The minimum absolute atomic E-state index is 0.146. The Morgan fingerprint density at radius 1 is 1.24 bits per heavy atom. The average Bonchev–Trinajstić information content (AvgIpc) is 3.04. The van der Waals surface area contributed by atoms with Crippen LogP contribution in [0.1, 0.15) is 10.4 Å². The highest BCUT2D eigenvalue weighted by molar-refractivity contribution is 7.94. The second-order valence-electron chi connectivity index (χ2n) is 4.61. The Kier molecular flexibility index (Phi) is 3.75. The van der Waals surface area contributed by atoms with Crippen LogP contribution in [0.15, 0.2) is 39.9 Å². The lowest BCUT2D eigenvalue weighted by atomic mass is 10.2. The highest BCUT2D eigenvalue weighted by Crippen LogP contribution is 2.29. The molecule has 0 fully saturated rings. The van der Waals surface area contributed by atoms with Crippen molar-refractivity contribution in [3.63, 3.8) is 0 Å². The van der Waals surface area contributed by atoms with E-state index in [0.29, 0.717) is 10.6 Å². The van der Waals surface area contributed by atoms with Crippen LogP contribution in [0.25, 0.3) is 10.1 Å². The third-order valence-electron chi connectivity index (χ3n) is 3.11. The number of hydrogen-bond acceptors (Lipinski definition) is 5. The number of anilines is 1. The van der Waals surface area contributed by atoms with E-state index in [0.717, 1.165) is 27.0 Å². The predicted octanol–water partition coefficient (Wildman–Crippen LogP) is 3.56. The molecular weight excluding hydrogens is 326 g/mol. The van der Waals surface area contributed by atoms with Crippen molar-refractivity contribution < 1.29 is 13.5 Å². The van der Waals surface area contributed by atoms with Gasteiger partial charge < -0.3 is 5.11 Å². The van der Waals surface area contributed by atoms with Crippen molar-refractivity contribution >= 4 is 48.5 Å². The third-order valence-corrected chi connectivity index (χ3v) is 7.09. The van der Waals surface area contributed by atoms with Crippen molar-refractivity contribution in [2.45, 2.75) is 17.7 Å². The Balaban J connectivity index is 1.94. The molecule has 4 nitrogen and oxygen atoms in total. The molecule has 0 aliphatic rings. The van der Waals surface area contributed by atoms with Gasteiger partial charge in [0.25, 0.3) is 10.0 Å². The first-order chi connectivity index (χ1) is 9.99. The monoisotopic (exact) mass is 339 g/mol. The number of fused-ring (bicyclic) bond motifs is 1. The summed E-state index contributed by atoms with van der Waals surface area (Å²) in [5.74, 6) is 0. The van der Waals surface area contributed by atoms with Crippen molar-refractivity contribution in [2.75, 3.05) is 4.72 Å². The van der Waals surface area contributed by atoms with Crippen LogP contribution in [0, 0.1) is 6.92 Å². The van der Waals surface area contributed by atoms with Crippen molar-refractivity contribution in [2.24, 2.45) is 0 Å². The van der Waals surface area contributed by atoms with Gasteiger partial charge in [0.05, 0.1) is 6.61 Å². The van der Waals surface area contributed by atoms with Crippen LogP contribution < -0.4 is 4.72 Å². The number of aryl methyl sites for hydroxylation is 1. The van der Waals surface area contributed by atoms with E-state index in [4.69, 9.17) is 0 Å². The van der Waals surface area contributed by atoms with E-state index in [1.165, 1.54) is 0 Å². The molecule has 2 heterocycles. The van der Waals surface area contributed by atoms with Gasteiger partial charge in [-0.1, -0.05) is 0 Å². The fraction of sp³-hybridized carbons (Fsp3) is 0.143. The van der Waals surface area contributed by atoms with Crippen molar-refractivity contribution in [3.8, 4) is 0 Å². The average molecular weight is 339 g/mol. The standard InChI is InChI=1S/C14H13NO3S3/c1-9-6-14(20-13(9)8-16)21(17,18)15-11-2-3-12-10(7-11)4-5-19-12/h2-7,15-16H,8H2,1H3. The van der Waals surface area contributed by atoms with E-state index in [-0.39, 0.29) is 10.8 Å². The van der Waals surface area contributed by atoms with Crippen LogP contribution in [0.3, 0.4) is 0 Å². The van der Waals surface area contributed by atoms with E-state index in [9.17, 15) is 13.5 Å². The molecule has 21 heavy (non-hydrogen) atoms. The van der Waals surface area contributed by atoms with Crippen LogP contribution in [-0.2, 0) is 16.6 Å². The summed E-state index contributed by atoms with van der Waals surface area (Å²) in [6.07, 6.45) is 0. The number of thiophene rings is 2. The minimum Gasteiger partial charge on any atom is -0.391 e. The minimum atomic E-state index is -3.62. The summed E-state index contributed by atoms with van der Waals surface area (Å²) in [7, 11) is -3.62. The summed E-state index contributed by atoms with van der Waals surface area (Å²) < 4.78 is 28.7. The molecule has 0 saturated carbocycles. The number of rotatable bonds is 4. The highest BCUT2D eigenvalue weighted by Gasteiger charge is 2.19. The van der Waals surface area contributed by atoms with Gasteiger partial charge in [-0.05, 0) is 53.6 Å². The zero-order chi connectivity index (χ0) is 15.0. The first-order valence-electron chi connectivity index (χ1n) is 6.20. The van der Waals surface area contributed by atoms with Crippen LogP contribution in [0.5, 0.6) is 0 Å². The molecule has 2 aromatic heterocycles. The van der Waals surface area contributed by atoms with Gasteiger partial charge in [0, 0.05) is 15.3 Å². The predicted molar refractivity (Wildman–Crippen MR) is 87.6 cm³/mol. The summed E-state index contributed by atoms with van der Waals surface area (Å²) in [6, 6.07) is 9.01. The van der Waals surface area contributed by atoms with Gasteiger partial charge in [-0.2, -0.15) is 0 Å². The number of aliphatic hydroxyl groups is 1. The fourth-order valence-corrected chi connectivity index (χ4v) is 5.28. The first kappa shape index (κ1) is 14.5. The molecule has 3 rings (SSSR count). The zero-order valence-corrected chi connectivity index (χ0v) is 13.6. The van der Waals surface area contributed by atoms with Gasteiger partial charge in [-0.25, -0.2) is 8.42 Å². The van der Waals surface area contributed by atoms with Crippen LogP contribution in [0.4, 0.5) is 5.69 Å². The number of benzene rings is 1. The lowest BCUT2D eigenvalue weighted by molar-refractivity contribution is 0.285. The largest absolute Gasteiger partial charge is 0.391 e. The maximum atomic E-state index is 12.4. The molecule has 0 saturated heterocycles. The van der Waals surface area contributed by atoms with Gasteiger partial charge in [0.1, 0.15) is 4.21 Å².